The van der Waals surface area contributed by atoms with Crippen LogP contribution < -0.4 is 0 Å². The van der Waals surface area contributed by atoms with Crippen LogP contribution in [-0.2, 0) is 166 Å². The molecule has 124 heavy (non-hydrogen) atoms. The van der Waals surface area contributed by atoms with Crippen LogP contribution in [0.2, 0.25) is 0 Å². The van der Waals surface area contributed by atoms with Crippen molar-refractivity contribution < 1.29 is 171 Å². The van der Waals surface area contributed by atoms with E-state index in [1.54, 1.807) is 164 Å². The van der Waals surface area contributed by atoms with Crippen molar-refractivity contribution in [1.29, 1.82) is 0 Å². The molecular formula is C88H178O36. The Morgan fingerprint density at radius 2 is 0.234 bits per heavy atom. The molecule has 36 heteroatoms. The predicted octanol–water partition coefficient (Wildman–Crippen LogP) is 5.09. The Kier molecular flexibility index (Phi) is 71.2. The number of unbranched alkanes of at least 4 members (excludes halogenated alkanes) is 1. The summed E-state index contributed by atoms with van der Waals surface area (Å²) >= 11 is 0. The molecule has 0 aliphatic rings. The lowest BCUT2D eigenvalue weighted by Crippen LogP contribution is -2.49. The molecule has 0 rings (SSSR count). The fourth-order valence-corrected chi connectivity index (χ4v) is 16.1. The molecule has 0 heterocycles. The van der Waals surface area contributed by atoms with Crippen molar-refractivity contribution in [1.82, 2.24) is 0 Å². The fourth-order valence-electron chi connectivity index (χ4n) is 16.1. The smallest absolute Gasteiger partial charge is 0.0637 e. The van der Waals surface area contributed by atoms with Gasteiger partial charge in [0.1, 0.15) is 0 Å². The SMILES string of the molecule is CCCCOCC(COC)(COC)COCC(COC)(COC)COCC(COC)(COC)COCC(COC)(COC)COCC(COC)(COC)COCC(COC)(COC)COCC(COC)(COC)COCC(COC)(COC)COCC(COC)(COC)COCC(COC)(COC)COCC(COC)(COC)COCC(CC)(CO)COC. The van der Waals surface area contributed by atoms with Gasteiger partial charge in [0.15, 0.2) is 0 Å². The van der Waals surface area contributed by atoms with Crippen molar-refractivity contribution in [3.05, 3.63) is 0 Å². The number of ether oxygens (including phenoxy) is 35. The quantitative estimate of drug-likeness (QED) is 0.0775. The van der Waals surface area contributed by atoms with E-state index in [0.29, 0.717) is 46.1 Å². The van der Waals surface area contributed by atoms with E-state index in [0.717, 1.165) is 12.8 Å². The third kappa shape index (κ3) is 47.0. The summed E-state index contributed by atoms with van der Waals surface area (Å²) in [7, 11) is 37.5. The van der Waals surface area contributed by atoms with Crippen LogP contribution in [0.3, 0.4) is 0 Å². The summed E-state index contributed by atoms with van der Waals surface area (Å²) in [5, 5.41) is 10.3. The second kappa shape index (κ2) is 72.1. The highest BCUT2D eigenvalue weighted by Gasteiger charge is 2.46. The van der Waals surface area contributed by atoms with Gasteiger partial charge < -0.3 is 171 Å². The standard InChI is InChI=1S/C88H178O36/c1-26-28-29-113-55-78(32-91-4,33-92-5)56-115-59-80(36-95-8,37-96-9)60-117-63-82(40-99-12,41-100-13)64-119-67-84(44-103-16,45-104-17)68-121-71-86(48-107-20,49-108-21)72-123-75-88(52-111-24,53-112-25)76-124-74-87(50-109-22,51-110-23)73-122-70-85(46-105-18,47-106-19)69-120-66-83(42-101-14,43-102-15)65-118-62-81(38-97-10,39-98-11)61-116-58-79(34-93-6,35-94-7)57-114-54-77(27-2,30-89)31-90-3/h89H,26-76H2,1-25H3. The first-order valence-corrected chi connectivity index (χ1v) is 42.7. The van der Waals surface area contributed by atoms with Crippen LogP contribution in [0.25, 0.3) is 0 Å². The summed E-state index contributed by atoms with van der Waals surface area (Å²) in [6.45, 7) is 14.7. The minimum absolute atomic E-state index is 0.0924. The number of rotatable bonds is 97. The van der Waals surface area contributed by atoms with E-state index in [1.165, 1.54) is 0 Å². The zero-order valence-electron chi connectivity index (χ0n) is 81.8. The van der Waals surface area contributed by atoms with Gasteiger partial charge in [-0.1, -0.05) is 20.3 Å². The third-order valence-corrected chi connectivity index (χ3v) is 21.5. The minimum Gasteiger partial charge on any atom is -0.396 e. The Morgan fingerprint density at radius 3 is 0.323 bits per heavy atom. The molecule has 1 unspecified atom stereocenters. The van der Waals surface area contributed by atoms with Gasteiger partial charge in [0.2, 0.25) is 0 Å². The van der Waals surface area contributed by atoms with Gasteiger partial charge in [-0.15, -0.1) is 0 Å². The molecule has 0 amide bonds. The molecule has 0 saturated carbocycles. The Bertz CT molecular complexity index is 2280. The van der Waals surface area contributed by atoms with Crippen LogP contribution in [0.1, 0.15) is 33.1 Å². The average Bonchev–Trinajstić information content (AvgIpc) is 0.833. The molecule has 36 nitrogen and oxygen atoms in total. The molecule has 0 saturated heterocycles. The highest BCUT2D eigenvalue weighted by Crippen LogP contribution is 2.35. The van der Waals surface area contributed by atoms with Gasteiger partial charge in [-0.05, 0) is 12.8 Å². The van der Waals surface area contributed by atoms with Crippen LogP contribution >= 0.6 is 0 Å². The van der Waals surface area contributed by atoms with Gasteiger partial charge in [-0.25, -0.2) is 0 Å². The summed E-state index contributed by atoms with van der Waals surface area (Å²) in [6.07, 6.45) is 2.62. The average molecular weight is 1810 g/mol. The van der Waals surface area contributed by atoms with E-state index in [1.807, 2.05) is 6.92 Å². The molecule has 0 aliphatic heterocycles. The number of aliphatic hydroxyl groups is 1. The highest BCUT2D eigenvalue weighted by atomic mass is 16.6. The number of methoxy groups -OCH3 is 23. The summed E-state index contributed by atoms with van der Waals surface area (Å²) in [4.78, 5) is 0. The molecule has 0 radical (unpaired) electrons. The van der Waals surface area contributed by atoms with E-state index in [9.17, 15) is 5.11 Å². The van der Waals surface area contributed by atoms with Crippen LogP contribution in [0.5, 0.6) is 0 Å². The highest BCUT2D eigenvalue weighted by molar-refractivity contribution is 4.92. The summed E-state index contributed by atoms with van der Waals surface area (Å²) in [5.74, 6) is 0. The zero-order valence-corrected chi connectivity index (χ0v) is 81.8. The number of hydrogen-bond acceptors (Lipinski definition) is 36. The summed E-state index contributed by atoms with van der Waals surface area (Å²) in [5.41, 5.74) is -8.97. The molecule has 0 aromatic rings. The maximum Gasteiger partial charge on any atom is 0.0637 e. The fraction of sp³-hybridized carbons (Fsp3) is 1.00. The van der Waals surface area contributed by atoms with E-state index < -0.39 is 65.0 Å². The minimum atomic E-state index is -0.829. The lowest BCUT2D eigenvalue weighted by atomic mass is 9.87. The first-order valence-electron chi connectivity index (χ1n) is 42.7. The Balaban J connectivity index is 6.86. The molecule has 0 aromatic heterocycles. The van der Waals surface area contributed by atoms with Gasteiger partial charge in [-0.3, -0.25) is 0 Å². The lowest BCUT2D eigenvalue weighted by Gasteiger charge is -2.39. The molecule has 1 N–H and O–H groups in total. The van der Waals surface area contributed by atoms with Crippen molar-refractivity contribution in [3.8, 4) is 0 Å². The largest absolute Gasteiger partial charge is 0.396 e. The van der Waals surface area contributed by atoms with Gasteiger partial charge >= 0.3 is 0 Å². The first kappa shape index (κ1) is 123. The maximum absolute atomic E-state index is 10.3. The topological polar surface area (TPSA) is 343 Å². The second-order valence-electron chi connectivity index (χ2n) is 35.3. The molecule has 0 fully saturated rings. The molecule has 746 valence electrons. The predicted molar refractivity (Wildman–Crippen MR) is 464 cm³/mol. The Hall–Kier alpha value is -1.44. The molecule has 1 atom stereocenters. The number of aliphatic hydroxyl groups excluding tert-OH is 1. The lowest BCUT2D eigenvalue weighted by molar-refractivity contribution is -0.165. The Morgan fingerprint density at radius 1 is 0.137 bits per heavy atom. The van der Waals surface area contributed by atoms with E-state index >= 15 is 0 Å². The van der Waals surface area contributed by atoms with Crippen molar-refractivity contribution >= 4 is 0 Å². The van der Waals surface area contributed by atoms with Crippen molar-refractivity contribution in [2.45, 2.75) is 33.1 Å². The summed E-state index contributed by atoms with van der Waals surface area (Å²) in [6, 6.07) is 0. The van der Waals surface area contributed by atoms with Crippen LogP contribution in [-0.4, -0.2) is 486 Å². The van der Waals surface area contributed by atoms with Crippen LogP contribution in [0.15, 0.2) is 0 Å². The van der Waals surface area contributed by atoms with Gasteiger partial charge in [0.25, 0.3) is 0 Å². The van der Waals surface area contributed by atoms with E-state index in [4.69, 9.17) is 166 Å². The van der Waals surface area contributed by atoms with Crippen molar-refractivity contribution in [2.24, 2.45) is 65.0 Å². The van der Waals surface area contributed by atoms with Crippen molar-refractivity contribution in [2.75, 3.05) is 481 Å². The second-order valence-corrected chi connectivity index (χ2v) is 35.3. The zero-order chi connectivity index (χ0) is 92.8. The molecule has 0 spiro atoms. The third-order valence-electron chi connectivity index (χ3n) is 21.5. The first-order chi connectivity index (χ1) is 59.9. The summed E-state index contributed by atoms with van der Waals surface area (Å²) < 4.78 is 214. The van der Waals surface area contributed by atoms with Crippen molar-refractivity contribution in [3.63, 3.8) is 0 Å². The molecular weight excluding hydrogens is 1630 g/mol. The monoisotopic (exact) mass is 1810 g/mol. The molecule has 0 aromatic carbocycles. The normalized spacial score (nSPS) is 14.0. The van der Waals surface area contributed by atoms with E-state index in [-0.39, 0.29) is 277 Å². The van der Waals surface area contributed by atoms with E-state index in [2.05, 4.69) is 6.92 Å². The molecule has 0 bridgehead atoms. The number of hydrogen-bond donors (Lipinski definition) is 1. The van der Waals surface area contributed by atoms with Gasteiger partial charge in [0, 0.05) is 176 Å². The maximum atomic E-state index is 10.3. The van der Waals surface area contributed by atoms with Gasteiger partial charge in [0.05, 0.1) is 370 Å². The van der Waals surface area contributed by atoms with Gasteiger partial charge in [-0.2, -0.15) is 0 Å². The Labute approximate surface area is 746 Å². The van der Waals surface area contributed by atoms with Crippen LogP contribution in [0.4, 0.5) is 0 Å². The van der Waals surface area contributed by atoms with Crippen LogP contribution in [0, 0.1) is 65.0 Å². The molecule has 0 aliphatic carbocycles.